The lowest BCUT2D eigenvalue weighted by atomic mass is 10.1. The number of rotatable bonds is 3. The first-order valence-corrected chi connectivity index (χ1v) is 5.63. The molecule has 0 spiro atoms. The average molecular weight is 242 g/mol. The van der Waals surface area contributed by atoms with Crippen LogP contribution in [-0.2, 0) is 0 Å². The zero-order chi connectivity index (χ0) is 13.1. The number of aryl methyl sites for hydroxylation is 1. The molecule has 0 aliphatic carbocycles. The van der Waals surface area contributed by atoms with Crippen molar-refractivity contribution in [2.45, 2.75) is 6.92 Å². The predicted octanol–water partition coefficient (Wildman–Crippen LogP) is 3.67. The third-order valence-electron chi connectivity index (χ3n) is 2.83. The summed E-state index contributed by atoms with van der Waals surface area (Å²) in [6.45, 7) is 1.92. The van der Waals surface area contributed by atoms with E-state index < -0.39 is 0 Å². The van der Waals surface area contributed by atoms with Crippen LogP contribution in [0.15, 0.2) is 48.5 Å². The molecule has 0 atom stereocenters. The van der Waals surface area contributed by atoms with E-state index in [2.05, 4.69) is 0 Å². The number of para-hydroxylation sites is 1. The van der Waals surface area contributed by atoms with Crippen molar-refractivity contribution in [3.63, 3.8) is 0 Å². The standard InChI is InChI=1S/C14H14N2O2/c1-11-8-9-13(16(17)18)14(10-11)15(2)12-6-4-3-5-7-12/h3-10H,1-2H3. The minimum atomic E-state index is -0.353. The Morgan fingerprint density at radius 2 is 1.78 bits per heavy atom. The van der Waals surface area contributed by atoms with Gasteiger partial charge in [0.25, 0.3) is 5.69 Å². The van der Waals surface area contributed by atoms with Gasteiger partial charge >= 0.3 is 0 Å². The Morgan fingerprint density at radius 3 is 2.39 bits per heavy atom. The van der Waals surface area contributed by atoms with Crippen LogP contribution >= 0.6 is 0 Å². The molecule has 2 rings (SSSR count). The van der Waals surface area contributed by atoms with Crippen molar-refractivity contribution >= 4 is 17.1 Å². The van der Waals surface area contributed by atoms with Crippen molar-refractivity contribution < 1.29 is 4.92 Å². The maximum Gasteiger partial charge on any atom is 0.292 e. The molecule has 4 nitrogen and oxygen atoms in total. The van der Waals surface area contributed by atoms with E-state index in [1.807, 2.05) is 55.3 Å². The van der Waals surface area contributed by atoms with Crippen LogP contribution in [0.1, 0.15) is 5.56 Å². The van der Waals surface area contributed by atoms with Crippen LogP contribution < -0.4 is 4.90 Å². The van der Waals surface area contributed by atoms with E-state index >= 15 is 0 Å². The Kier molecular flexibility index (Phi) is 3.28. The lowest BCUT2D eigenvalue weighted by molar-refractivity contribution is -0.384. The van der Waals surface area contributed by atoms with Crippen molar-refractivity contribution in [1.29, 1.82) is 0 Å². The highest BCUT2D eigenvalue weighted by Gasteiger charge is 2.17. The van der Waals surface area contributed by atoms with E-state index in [9.17, 15) is 10.1 Å². The molecule has 0 bridgehead atoms. The number of hydrogen-bond acceptors (Lipinski definition) is 3. The summed E-state index contributed by atoms with van der Waals surface area (Å²) >= 11 is 0. The lowest BCUT2D eigenvalue weighted by Crippen LogP contribution is -2.11. The van der Waals surface area contributed by atoms with Crippen LogP contribution in [0.25, 0.3) is 0 Å². The Balaban J connectivity index is 2.50. The van der Waals surface area contributed by atoms with Gasteiger partial charge in [-0.1, -0.05) is 24.3 Å². The second-order valence-corrected chi connectivity index (χ2v) is 4.14. The van der Waals surface area contributed by atoms with Gasteiger partial charge in [0.2, 0.25) is 0 Å². The third-order valence-corrected chi connectivity index (χ3v) is 2.83. The second-order valence-electron chi connectivity index (χ2n) is 4.14. The Morgan fingerprint density at radius 1 is 1.11 bits per heavy atom. The molecule has 2 aromatic rings. The molecule has 0 fully saturated rings. The molecule has 0 saturated carbocycles. The van der Waals surface area contributed by atoms with Gasteiger partial charge < -0.3 is 4.90 Å². The van der Waals surface area contributed by atoms with Crippen LogP contribution in [0.4, 0.5) is 17.1 Å². The molecule has 0 aromatic heterocycles. The van der Waals surface area contributed by atoms with Crippen molar-refractivity contribution in [1.82, 2.24) is 0 Å². The number of nitrogens with zero attached hydrogens (tertiary/aromatic N) is 2. The number of nitro benzene ring substituents is 1. The summed E-state index contributed by atoms with van der Waals surface area (Å²) in [5.41, 5.74) is 2.64. The Hall–Kier alpha value is -2.36. The van der Waals surface area contributed by atoms with E-state index in [0.717, 1.165) is 11.3 Å². The SMILES string of the molecule is Cc1ccc([N+](=O)[O-])c(N(C)c2ccccc2)c1. The van der Waals surface area contributed by atoms with Crippen LogP contribution in [0.3, 0.4) is 0 Å². The van der Waals surface area contributed by atoms with E-state index in [-0.39, 0.29) is 10.6 Å². The van der Waals surface area contributed by atoms with E-state index in [4.69, 9.17) is 0 Å². The van der Waals surface area contributed by atoms with E-state index in [0.29, 0.717) is 5.69 Å². The summed E-state index contributed by atoms with van der Waals surface area (Å²) in [4.78, 5) is 12.5. The van der Waals surface area contributed by atoms with Crippen molar-refractivity contribution in [2.24, 2.45) is 0 Å². The molecule has 0 radical (unpaired) electrons. The maximum atomic E-state index is 11.0. The third kappa shape index (κ3) is 2.32. The molecule has 2 aromatic carbocycles. The van der Waals surface area contributed by atoms with Gasteiger partial charge in [-0.2, -0.15) is 0 Å². The van der Waals surface area contributed by atoms with Crippen molar-refractivity contribution in [3.8, 4) is 0 Å². The van der Waals surface area contributed by atoms with Gasteiger partial charge in [0, 0.05) is 18.8 Å². The Bertz CT molecular complexity index is 567. The molecule has 0 unspecified atom stereocenters. The largest absolute Gasteiger partial charge is 0.339 e. The van der Waals surface area contributed by atoms with Gasteiger partial charge in [0.15, 0.2) is 0 Å². The zero-order valence-electron chi connectivity index (χ0n) is 10.3. The van der Waals surface area contributed by atoms with Crippen LogP contribution in [-0.4, -0.2) is 12.0 Å². The fourth-order valence-electron chi connectivity index (χ4n) is 1.85. The molecular weight excluding hydrogens is 228 g/mol. The fraction of sp³-hybridized carbons (Fsp3) is 0.143. The monoisotopic (exact) mass is 242 g/mol. The smallest absolute Gasteiger partial charge is 0.292 e. The van der Waals surface area contributed by atoms with Crippen molar-refractivity contribution in [2.75, 3.05) is 11.9 Å². The lowest BCUT2D eigenvalue weighted by Gasteiger charge is -2.19. The van der Waals surface area contributed by atoms with Gasteiger partial charge in [-0.15, -0.1) is 0 Å². The van der Waals surface area contributed by atoms with Gasteiger partial charge in [-0.3, -0.25) is 10.1 Å². The highest BCUT2D eigenvalue weighted by Crippen LogP contribution is 2.32. The van der Waals surface area contributed by atoms with E-state index in [1.165, 1.54) is 0 Å². The molecule has 0 aliphatic rings. The molecule has 0 amide bonds. The topological polar surface area (TPSA) is 46.4 Å². The van der Waals surface area contributed by atoms with Crippen LogP contribution in [0.5, 0.6) is 0 Å². The first kappa shape index (κ1) is 12.1. The van der Waals surface area contributed by atoms with Crippen LogP contribution in [0, 0.1) is 17.0 Å². The summed E-state index contributed by atoms with van der Waals surface area (Å²) in [7, 11) is 1.83. The molecule has 0 aliphatic heterocycles. The van der Waals surface area contributed by atoms with Crippen molar-refractivity contribution in [3.05, 3.63) is 64.2 Å². The van der Waals surface area contributed by atoms with Crippen LogP contribution in [0.2, 0.25) is 0 Å². The second kappa shape index (κ2) is 4.87. The molecule has 0 saturated heterocycles. The number of hydrogen-bond donors (Lipinski definition) is 0. The maximum absolute atomic E-state index is 11.0. The van der Waals surface area contributed by atoms with E-state index in [1.54, 1.807) is 12.1 Å². The predicted molar refractivity (Wildman–Crippen MR) is 72.3 cm³/mol. The summed E-state index contributed by atoms with van der Waals surface area (Å²) in [6.07, 6.45) is 0. The van der Waals surface area contributed by atoms with Gasteiger partial charge in [0.05, 0.1) is 4.92 Å². The normalized spacial score (nSPS) is 10.1. The first-order valence-electron chi connectivity index (χ1n) is 5.63. The minimum Gasteiger partial charge on any atom is -0.339 e. The quantitative estimate of drug-likeness (QED) is 0.609. The molecule has 92 valence electrons. The molecule has 0 heterocycles. The minimum absolute atomic E-state index is 0.118. The zero-order valence-corrected chi connectivity index (χ0v) is 10.3. The summed E-state index contributed by atoms with van der Waals surface area (Å²) < 4.78 is 0. The van der Waals surface area contributed by atoms with Gasteiger partial charge in [0.1, 0.15) is 5.69 Å². The highest BCUT2D eigenvalue weighted by molar-refractivity contribution is 5.72. The number of benzene rings is 2. The number of anilines is 2. The molecule has 0 N–H and O–H groups in total. The summed E-state index contributed by atoms with van der Waals surface area (Å²) in [5.74, 6) is 0. The van der Waals surface area contributed by atoms with Gasteiger partial charge in [-0.05, 0) is 30.7 Å². The Labute approximate surface area is 106 Å². The molecular formula is C14H14N2O2. The number of nitro groups is 1. The highest BCUT2D eigenvalue weighted by atomic mass is 16.6. The summed E-state index contributed by atoms with van der Waals surface area (Å²) in [5, 5.41) is 11.0. The fourth-order valence-corrected chi connectivity index (χ4v) is 1.85. The first-order chi connectivity index (χ1) is 8.59. The van der Waals surface area contributed by atoms with Gasteiger partial charge in [-0.25, -0.2) is 0 Å². The summed E-state index contributed by atoms with van der Waals surface area (Å²) in [6, 6.07) is 14.7. The average Bonchev–Trinajstić information content (AvgIpc) is 2.38. The molecule has 18 heavy (non-hydrogen) atoms. The molecule has 4 heteroatoms.